The van der Waals surface area contributed by atoms with Crippen molar-refractivity contribution in [3.63, 3.8) is 0 Å². The Morgan fingerprint density at radius 2 is 1.89 bits per heavy atom. The van der Waals surface area contributed by atoms with Gasteiger partial charge in [-0.15, -0.1) is 0 Å². The molecule has 2 aromatic rings. The first-order valence-corrected chi connectivity index (χ1v) is 9.31. The van der Waals surface area contributed by atoms with Crippen LogP contribution in [0, 0.1) is 13.8 Å². The number of nitrogens with zero attached hydrogens (tertiary/aromatic N) is 1. The Bertz CT molecular complexity index is 985. The summed E-state index contributed by atoms with van der Waals surface area (Å²) in [6.45, 7) is 9.37. The van der Waals surface area contributed by atoms with E-state index in [1.165, 1.54) is 11.0 Å². The molecule has 0 bridgehead atoms. The third-order valence-electron chi connectivity index (χ3n) is 4.51. The standard InChI is InChI=1S/C21H25NO6/c1-12-9-15-18(13(2)11-17(23)26-15)16(10-12)27-19(24)14-7-6-8-22(14)20(25)28-21(3,4)5/h9-11,14H,6-8H2,1-5H3/t14-/m1/s1. The van der Waals surface area contributed by atoms with Gasteiger partial charge in [-0.05, 0) is 70.7 Å². The number of aryl methyl sites for hydroxylation is 2. The Kier molecular flexibility index (Phi) is 5.19. The number of benzene rings is 1. The molecule has 1 saturated heterocycles. The third-order valence-corrected chi connectivity index (χ3v) is 4.51. The molecule has 1 aliphatic rings. The molecule has 0 radical (unpaired) electrons. The molecule has 28 heavy (non-hydrogen) atoms. The lowest BCUT2D eigenvalue weighted by molar-refractivity contribution is -0.139. The highest BCUT2D eigenvalue weighted by atomic mass is 16.6. The van der Waals surface area contributed by atoms with E-state index in [-0.39, 0.29) is 0 Å². The van der Waals surface area contributed by atoms with Crippen molar-refractivity contribution >= 4 is 23.0 Å². The van der Waals surface area contributed by atoms with Gasteiger partial charge in [0.2, 0.25) is 0 Å². The average Bonchev–Trinajstić information content (AvgIpc) is 3.01. The molecular formula is C21H25NO6. The molecule has 1 amide bonds. The highest BCUT2D eigenvalue weighted by Crippen LogP contribution is 2.31. The van der Waals surface area contributed by atoms with Crippen molar-refractivity contribution in [1.29, 1.82) is 0 Å². The van der Waals surface area contributed by atoms with Crippen LogP contribution < -0.4 is 10.4 Å². The maximum atomic E-state index is 12.9. The van der Waals surface area contributed by atoms with Crippen LogP contribution in [-0.2, 0) is 9.53 Å². The molecule has 0 unspecified atom stereocenters. The number of hydrogen-bond acceptors (Lipinski definition) is 6. The fourth-order valence-electron chi connectivity index (χ4n) is 3.38. The number of likely N-dealkylation sites (tertiary alicyclic amines) is 1. The molecule has 1 aromatic carbocycles. The lowest BCUT2D eigenvalue weighted by Gasteiger charge is -2.27. The molecule has 0 N–H and O–H groups in total. The first-order valence-electron chi connectivity index (χ1n) is 9.31. The van der Waals surface area contributed by atoms with Crippen molar-refractivity contribution in [2.75, 3.05) is 6.54 Å². The minimum absolute atomic E-state index is 0.317. The summed E-state index contributed by atoms with van der Waals surface area (Å²) in [4.78, 5) is 38.4. The monoisotopic (exact) mass is 387 g/mol. The van der Waals surface area contributed by atoms with Crippen LogP contribution in [0.3, 0.4) is 0 Å². The minimum atomic E-state index is -0.707. The van der Waals surface area contributed by atoms with E-state index in [1.807, 2.05) is 6.92 Å². The zero-order valence-electron chi connectivity index (χ0n) is 16.8. The molecule has 1 atom stereocenters. The number of fused-ring (bicyclic) bond motifs is 1. The average molecular weight is 387 g/mol. The molecular weight excluding hydrogens is 362 g/mol. The number of esters is 1. The van der Waals surface area contributed by atoms with E-state index in [0.29, 0.717) is 41.7 Å². The maximum absolute atomic E-state index is 12.9. The lowest BCUT2D eigenvalue weighted by atomic mass is 10.1. The number of carbonyl (C=O) groups is 2. The van der Waals surface area contributed by atoms with Gasteiger partial charge in [-0.3, -0.25) is 4.90 Å². The number of hydrogen-bond donors (Lipinski definition) is 0. The molecule has 2 heterocycles. The normalized spacial score (nSPS) is 17.0. The summed E-state index contributed by atoms with van der Waals surface area (Å²) in [6.07, 6.45) is 0.681. The van der Waals surface area contributed by atoms with E-state index in [0.717, 1.165) is 5.56 Å². The van der Waals surface area contributed by atoms with Crippen LogP contribution in [0.1, 0.15) is 44.7 Å². The molecule has 3 rings (SSSR count). The van der Waals surface area contributed by atoms with E-state index in [9.17, 15) is 14.4 Å². The molecule has 1 aromatic heterocycles. The van der Waals surface area contributed by atoms with Crippen molar-refractivity contribution in [3.05, 3.63) is 39.7 Å². The molecule has 1 aliphatic heterocycles. The number of ether oxygens (including phenoxy) is 2. The fraction of sp³-hybridized carbons (Fsp3) is 0.476. The van der Waals surface area contributed by atoms with Crippen molar-refractivity contribution in [1.82, 2.24) is 4.90 Å². The molecule has 7 heteroatoms. The van der Waals surface area contributed by atoms with Crippen LogP contribution in [0.15, 0.2) is 27.4 Å². The van der Waals surface area contributed by atoms with Gasteiger partial charge in [0.1, 0.15) is 23.0 Å². The van der Waals surface area contributed by atoms with Gasteiger partial charge in [0.15, 0.2) is 0 Å². The Morgan fingerprint density at radius 3 is 2.57 bits per heavy atom. The number of carbonyl (C=O) groups excluding carboxylic acids is 2. The van der Waals surface area contributed by atoms with Crippen LogP contribution in [0.2, 0.25) is 0 Å². The molecule has 0 spiro atoms. The third kappa shape index (κ3) is 4.18. The van der Waals surface area contributed by atoms with Crippen molar-refractivity contribution in [2.24, 2.45) is 0 Å². The van der Waals surface area contributed by atoms with E-state index in [2.05, 4.69) is 0 Å². The Labute approximate surface area is 163 Å². The van der Waals surface area contributed by atoms with Crippen molar-refractivity contribution in [2.45, 2.75) is 59.1 Å². The van der Waals surface area contributed by atoms with Crippen LogP contribution in [0.4, 0.5) is 4.79 Å². The largest absolute Gasteiger partial charge is 0.444 e. The SMILES string of the molecule is Cc1cc(OC(=O)[C@H]2CCCN2C(=O)OC(C)(C)C)c2c(C)cc(=O)oc2c1. The quantitative estimate of drug-likeness (QED) is 0.444. The Morgan fingerprint density at radius 1 is 1.18 bits per heavy atom. The van der Waals surface area contributed by atoms with E-state index < -0.39 is 29.3 Å². The second kappa shape index (κ2) is 7.30. The topological polar surface area (TPSA) is 86.0 Å². The molecule has 0 saturated carbocycles. The summed E-state index contributed by atoms with van der Waals surface area (Å²) in [5.41, 5.74) is 0.710. The summed E-state index contributed by atoms with van der Waals surface area (Å²) in [5, 5.41) is 0.570. The summed E-state index contributed by atoms with van der Waals surface area (Å²) < 4.78 is 16.3. The zero-order valence-corrected chi connectivity index (χ0v) is 16.8. The zero-order chi connectivity index (χ0) is 20.6. The molecule has 1 fully saturated rings. The fourth-order valence-corrected chi connectivity index (χ4v) is 3.38. The Balaban J connectivity index is 1.88. The summed E-state index contributed by atoms with van der Waals surface area (Å²) in [7, 11) is 0. The number of amides is 1. The van der Waals surface area contributed by atoms with Crippen LogP contribution in [-0.4, -0.2) is 35.2 Å². The number of rotatable bonds is 2. The highest BCUT2D eigenvalue weighted by molar-refractivity contribution is 5.91. The summed E-state index contributed by atoms with van der Waals surface area (Å²) in [6, 6.07) is 4.10. The smallest absolute Gasteiger partial charge is 0.411 e. The summed E-state index contributed by atoms with van der Waals surface area (Å²) in [5.74, 6) is -0.210. The second-order valence-electron chi connectivity index (χ2n) is 8.14. The van der Waals surface area contributed by atoms with E-state index >= 15 is 0 Å². The van der Waals surface area contributed by atoms with Crippen molar-refractivity contribution in [3.8, 4) is 5.75 Å². The minimum Gasteiger partial charge on any atom is -0.444 e. The van der Waals surface area contributed by atoms with Crippen LogP contribution in [0.25, 0.3) is 11.0 Å². The predicted molar refractivity (Wildman–Crippen MR) is 104 cm³/mol. The Hall–Kier alpha value is -2.83. The summed E-state index contributed by atoms with van der Waals surface area (Å²) >= 11 is 0. The van der Waals surface area contributed by atoms with Gasteiger partial charge in [-0.25, -0.2) is 14.4 Å². The van der Waals surface area contributed by atoms with Crippen LogP contribution in [0.5, 0.6) is 5.75 Å². The van der Waals surface area contributed by atoms with Crippen LogP contribution >= 0.6 is 0 Å². The highest BCUT2D eigenvalue weighted by Gasteiger charge is 2.38. The molecule has 150 valence electrons. The van der Waals surface area contributed by atoms with Gasteiger partial charge in [-0.2, -0.15) is 0 Å². The predicted octanol–water partition coefficient (Wildman–Crippen LogP) is 3.71. The van der Waals surface area contributed by atoms with Crippen molar-refractivity contribution < 1.29 is 23.5 Å². The van der Waals surface area contributed by atoms with Gasteiger partial charge in [0, 0.05) is 12.6 Å². The maximum Gasteiger partial charge on any atom is 0.411 e. The van der Waals surface area contributed by atoms with Gasteiger partial charge < -0.3 is 13.9 Å². The molecule has 0 aliphatic carbocycles. The first-order chi connectivity index (χ1) is 13.0. The molecule has 7 nitrogen and oxygen atoms in total. The van der Waals surface area contributed by atoms with Gasteiger partial charge >= 0.3 is 17.7 Å². The first kappa shape index (κ1) is 19.9. The van der Waals surface area contributed by atoms with E-state index in [4.69, 9.17) is 13.9 Å². The van der Waals surface area contributed by atoms with Gasteiger partial charge in [-0.1, -0.05) is 0 Å². The van der Waals surface area contributed by atoms with E-state index in [1.54, 1.807) is 39.8 Å². The van der Waals surface area contributed by atoms with Gasteiger partial charge in [0.05, 0.1) is 5.39 Å². The second-order valence-corrected chi connectivity index (χ2v) is 8.14. The lowest BCUT2D eigenvalue weighted by Crippen LogP contribution is -2.44. The van der Waals surface area contributed by atoms with Gasteiger partial charge in [0.25, 0.3) is 0 Å².